The van der Waals surface area contributed by atoms with Crippen molar-refractivity contribution in [3.63, 3.8) is 0 Å². The van der Waals surface area contributed by atoms with Gasteiger partial charge in [-0.2, -0.15) is 0 Å². The zero-order valence-electron chi connectivity index (χ0n) is 17.8. The van der Waals surface area contributed by atoms with Gasteiger partial charge in [0.2, 0.25) is 10.0 Å². The number of hydrogen-bond acceptors (Lipinski definition) is 4. The molecule has 3 rings (SSSR count). The Morgan fingerprint density at radius 3 is 2.47 bits per heavy atom. The topological polar surface area (TPSA) is 83.0 Å². The van der Waals surface area contributed by atoms with Crippen LogP contribution in [0.5, 0.6) is 5.75 Å². The fourth-order valence-corrected chi connectivity index (χ4v) is 4.55. The summed E-state index contributed by atoms with van der Waals surface area (Å²) in [6.45, 7) is 5.31. The molecular formula is C21H35IN4O3S. The van der Waals surface area contributed by atoms with E-state index in [0.29, 0.717) is 12.5 Å². The Hall–Kier alpha value is -1.07. The third kappa shape index (κ3) is 8.22. The molecule has 0 spiro atoms. The summed E-state index contributed by atoms with van der Waals surface area (Å²) >= 11 is 0. The van der Waals surface area contributed by atoms with Crippen molar-refractivity contribution in [1.29, 1.82) is 0 Å². The number of guanidine groups is 1. The Bertz CT molecular complexity index is 749. The predicted octanol–water partition coefficient (Wildman–Crippen LogP) is 2.83. The standard InChI is InChI=1S/C21H34N4O3S.HI/c1-2-22-21(23-13-16-29(26,27)24-17-18-7-6-8-18)25-14-11-20(12-15-25)28-19-9-4-3-5-10-19;/h3-5,9-10,18,20,24H,2,6-8,11-17H2,1H3,(H,22,23);1H. The Morgan fingerprint density at radius 1 is 1.17 bits per heavy atom. The minimum absolute atomic E-state index is 0. The lowest BCUT2D eigenvalue weighted by atomic mass is 9.86. The molecule has 1 saturated heterocycles. The highest BCUT2D eigenvalue weighted by Crippen LogP contribution is 2.25. The highest BCUT2D eigenvalue weighted by molar-refractivity contribution is 14.0. The smallest absolute Gasteiger partial charge is 0.213 e. The lowest BCUT2D eigenvalue weighted by Gasteiger charge is -2.34. The van der Waals surface area contributed by atoms with E-state index in [4.69, 9.17) is 4.74 Å². The molecule has 7 nitrogen and oxygen atoms in total. The van der Waals surface area contributed by atoms with Crippen molar-refractivity contribution in [1.82, 2.24) is 14.9 Å². The van der Waals surface area contributed by atoms with Gasteiger partial charge in [-0.1, -0.05) is 24.6 Å². The van der Waals surface area contributed by atoms with Gasteiger partial charge in [0, 0.05) is 39.0 Å². The third-order valence-electron chi connectivity index (χ3n) is 5.56. The van der Waals surface area contributed by atoms with Crippen LogP contribution >= 0.6 is 24.0 Å². The van der Waals surface area contributed by atoms with E-state index >= 15 is 0 Å². The van der Waals surface area contributed by atoms with Crippen molar-refractivity contribution in [2.24, 2.45) is 10.9 Å². The number of likely N-dealkylation sites (tertiary alicyclic amines) is 1. The van der Waals surface area contributed by atoms with Crippen molar-refractivity contribution >= 4 is 40.0 Å². The number of nitrogens with zero attached hydrogens (tertiary/aromatic N) is 2. The zero-order chi connectivity index (χ0) is 20.5. The molecule has 1 aliphatic heterocycles. The maximum absolute atomic E-state index is 12.2. The first-order valence-electron chi connectivity index (χ1n) is 10.8. The number of sulfonamides is 1. The minimum atomic E-state index is -3.26. The number of benzene rings is 1. The van der Waals surface area contributed by atoms with Crippen LogP contribution in [0.2, 0.25) is 0 Å². The number of hydrogen-bond donors (Lipinski definition) is 2. The normalized spacial score (nSPS) is 18.4. The van der Waals surface area contributed by atoms with Crippen LogP contribution in [0.15, 0.2) is 35.3 Å². The summed E-state index contributed by atoms with van der Waals surface area (Å²) in [5.74, 6) is 2.25. The molecule has 0 atom stereocenters. The van der Waals surface area contributed by atoms with Crippen molar-refractivity contribution in [3.05, 3.63) is 30.3 Å². The molecule has 1 aromatic rings. The second-order valence-corrected chi connectivity index (χ2v) is 9.74. The molecule has 2 N–H and O–H groups in total. The molecule has 170 valence electrons. The van der Waals surface area contributed by atoms with Gasteiger partial charge < -0.3 is 15.0 Å². The maximum Gasteiger partial charge on any atom is 0.213 e. The molecule has 9 heteroatoms. The summed E-state index contributed by atoms with van der Waals surface area (Å²) < 4.78 is 33.1. The SMILES string of the molecule is CCNC(=NCCS(=O)(=O)NCC1CCC1)N1CCC(Oc2ccccc2)CC1.I. The molecule has 0 aromatic heterocycles. The minimum Gasteiger partial charge on any atom is -0.490 e. The van der Waals surface area contributed by atoms with E-state index in [1.165, 1.54) is 6.42 Å². The predicted molar refractivity (Wildman–Crippen MR) is 132 cm³/mol. The number of para-hydroxylation sites is 1. The Morgan fingerprint density at radius 2 is 1.87 bits per heavy atom. The zero-order valence-corrected chi connectivity index (χ0v) is 20.9. The van der Waals surface area contributed by atoms with Gasteiger partial charge in [0.05, 0.1) is 12.3 Å². The van der Waals surface area contributed by atoms with Crippen molar-refractivity contribution in [2.75, 3.05) is 38.5 Å². The molecule has 30 heavy (non-hydrogen) atoms. The van der Waals surface area contributed by atoms with Crippen LogP contribution in [-0.2, 0) is 10.0 Å². The van der Waals surface area contributed by atoms with E-state index in [9.17, 15) is 8.42 Å². The number of piperidine rings is 1. The van der Waals surface area contributed by atoms with Gasteiger partial charge in [-0.15, -0.1) is 24.0 Å². The highest BCUT2D eigenvalue weighted by Gasteiger charge is 2.23. The van der Waals surface area contributed by atoms with Crippen LogP contribution in [0.25, 0.3) is 0 Å². The molecule has 0 radical (unpaired) electrons. The quantitative estimate of drug-likeness (QED) is 0.281. The second kappa shape index (κ2) is 12.7. The van der Waals surface area contributed by atoms with E-state index in [-0.39, 0.29) is 42.4 Å². The molecular weight excluding hydrogens is 515 g/mol. The van der Waals surface area contributed by atoms with Gasteiger partial charge in [-0.25, -0.2) is 13.1 Å². The van der Waals surface area contributed by atoms with E-state index in [2.05, 4.69) is 19.9 Å². The summed E-state index contributed by atoms with van der Waals surface area (Å²) in [5.41, 5.74) is 0. The van der Waals surface area contributed by atoms with Crippen LogP contribution in [0, 0.1) is 5.92 Å². The van der Waals surface area contributed by atoms with Crippen LogP contribution in [0.1, 0.15) is 39.0 Å². The van der Waals surface area contributed by atoms with Gasteiger partial charge in [0.15, 0.2) is 5.96 Å². The van der Waals surface area contributed by atoms with Crippen LogP contribution in [-0.4, -0.2) is 63.9 Å². The Kier molecular flexibility index (Phi) is 10.7. The summed E-state index contributed by atoms with van der Waals surface area (Å²) in [5, 5.41) is 3.29. The first-order chi connectivity index (χ1) is 14.1. The number of ether oxygens (including phenoxy) is 1. The summed E-state index contributed by atoms with van der Waals surface area (Å²) in [6, 6.07) is 9.91. The fraction of sp³-hybridized carbons (Fsp3) is 0.667. The monoisotopic (exact) mass is 550 g/mol. The van der Waals surface area contributed by atoms with E-state index in [0.717, 1.165) is 57.0 Å². The van der Waals surface area contributed by atoms with Gasteiger partial charge in [0.1, 0.15) is 11.9 Å². The first kappa shape index (κ1) is 25.2. The van der Waals surface area contributed by atoms with Crippen LogP contribution in [0.4, 0.5) is 0 Å². The number of aliphatic imine (C=N–C) groups is 1. The summed E-state index contributed by atoms with van der Waals surface area (Å²) in [6.07, 6.45) is 5.52. The Labute approximate surface area is 198 Å². The van der Waals surface area contributed by atoms with Gasteiger partial charge in [-0.05, 0) is 37.8 Å². The molecule has 1 aliphatic carbocycles. The number of rotatable bonds is 9. The van der Waals surface area contributed by atoms with Gasteiger partial charge >= 0.3 is 0 Å². The van der Waals surface area contributed by atoms with Gasteiger partial charge in [0.25, 0.3) is 0 Å². The third-order valence-corrected chi connectivity index (χ3v) is 6.89. The second-order valence-electron chi connectivity index (χ2n) is 7.82. The maximum atomic E-state index is 12.2. The lowest BCUT2D eigenvalue weighted by Crippen LogP contribution is -2.47. The average Bonchev–Trinajstić information content (AvgIpc) is 2.67. The van der Waals surface area contributed by atoms with Crippen LogP contribution in [0.3, 0.4) is 0 Å². The molecule has 0 unspecified atom stereocenters. The van der Waals surface area contributed by atoms with Gasteiger partial charge in [-0.3, -0.25) is 4.99 Å². The molecule has 0 amide bonds. The summed E-state index contributed by atoms with van der Waals surface area (Å²) in [7, 11) is -3.26. The first-order valence-corrected chi connectivity index (χ1v) is 12.4. The fourth-order valence-electron chi connectivity index (χ4n) is 3.59. The molecule has 1 saturated carbocycles. The molecule has 0 bridgehead atoms. The highest BCUT2D eigenvalue weighted by atomic mass is 127. The molecule has 2 aliphatic rings. The van der Waals surface area contributed by atoms with E-state index in [1.54, 1.807) is 0 Å². The molecule has 1 heterocycles. The number of halogens is 1. The van der Waals surface area contributed by atoms with E-state index in [1.807, 2.05) is 37.3 Å². The lowest BCUT2D eigenvalue weighted by molar-refractivity contribution is 0.129. The Balaban J connectivity index is 0.00000320. The van der Waals surface area contributed by atoms with Crippen LogP contribution < -0.4 is 14.8 Å². The van der Waals surface area contributed by atoms with E-state index < -0.39 is 10.0 Å². The molecule has 2 fully saturated rings. The largest absolute Gasteiger partial charge is 0.490 e. The van der Waals surface area contributed by atoms with Crippen molar-refractivity contribution < 1.29 is 13.2 Å². The average molecular weight is 551 g/mol. The summed E-state index contributed by atoms with van der Waals surface area (Å²) in [4.78, 5) is 6.76. The molecule has 1 aromatic carbocycles. The van der Waals surface area contributed by atoms with Crippen molar-refractivity contribution in [3.8, 4) is 5.75 Å². The van der Waals surface area contributed by atoms with Crippen molar-refractivity contribution in [2.45, 2.75) is 45.1 Å². The number of nitrogens with one attached hydrogen (secondary N) is 2.